The number of likely N-dealkylation sites (tertiary alicyclic amines) is 1. The molecule has 2 fully saturated rings. The second-order valence-corrected chi connectivity index (χ2v) is 6.68. The van der Waals surface area contributed by atoms with Crippen LogP contribution in [0.4, 0.5) is 0 Å². The van der Waals surface area contributed by atoms with Crippen molar-refractivity contribution in [1.29, 1.82) is 0 Å². The standard InChI is InChI=1S/C17H30N4O/c1-3-6-21-13-16(15(2)18-21)12-19-7-4-5-17(14-19)20-8-10-22-11-9-20/h13,17H,3-12,14H2,1-2H3. The second-order valence-electron chi connectivity index (χ2n) is 6.68. The minimum absolute atomic E-state index is 0.712. The van der Waals surface area contributed by atoms with Gasteiger partial charge in [0.1, 0.15) is 0 Å². The molecule has 2 aliphatic heterocycles. The average Bonchev–Trinajstić information content (AvgIpc) is 2.88. The number of aryl methyl sites for hydroxylation is 2. The third kappa shape index (κ3) is 3.89. The Balaban J connectivity index is 1.57. The van der Waals surface area contributed by atoms with Gasteiger partial charge in [-0.3, -0.25) is 14.5 Å². The van der Waals surface area contributed by atoms with Crippen LogP contribution in [0, 0.1) is 6.92 Å². The largest absolute Gasteiger partial charge is 0.379 e. The molecule has 5 nitrogen and oxygen atoms in total. The van der Waals surface area contributed by atoms with Gasteiger partial charge in [0.05, 0.1) is 18.9 Å². The van der Waals surface area contributed by atoms with Gasteiger partial charge in [0.2, 0.25) is 0 Å². The molecule has 1 atom stereocenters. The van der Waals surface area contributed by atoms with E-state index in [4.69, 9.17) is 4.74 Å². The summed E-state index contributed by atoms with van der Waals surface area (Å²) in [6, 6.07) is 0.712. The Morgan fingerprint density at radius 2 is 2.09 bits per heavy atom. The Morgan fingerprint density at radius 3 is 2.86 bits per heavy atom. The Kier molecular flexibility index (Phi) is 5.50. The summed E-state index contributed by atoms with van der Waals surface area (Å²) >= 11 is 0. The molecule has 22 heavy (non-hydrogen) atoms. The molecule has 1 aromatic heterocycles. The first kappa shape index (κ1) is 16.0. The van der Waals surface area contributed by atoms with Crippen LogP contribution in [0.5, 0.6) is 0 Å². The van der Waals surface area contributed by atoms with E-state index in [1.807, 2.05) is 0 Å². The van der Waals surface area contributed by atoms with Crippen molar-refractivity contribution in [3.8, 4) is 0 Å². The first-order chi connectivity index (χ1) is 10.8. The fourth-order valence-electron chi connectivity index (χ4n) is 3.71. The highest BCUT2D eigenvalue weighted by molar-refractivity contribution is 5.15. The van der Waals surface area contributed by atoms with Gasteiger partial charge in [0.25, 0.3) is 0 Å². The highest BCUT2D eigenvalue weighted by Gasteiger charge is 2.26. The number of piperidine rings is 1. The van der Waals surface area contributed by atoms with Crippen LogP contribution in [0.25, 0.3) is 0 Å². The van der Waals surface area contributed by atoms with E-state index in [0.717, 1.165) is 45.8 Å². The van der Waals surface area contributed by atoms with Crippen molar-refractivity contribution in [2.75, 3.05) is 39.4 Å². The summed E-state index contributed by atoms with van der Waals surface area (Å²) in [5.74, 6) is 0. The molecule has 3 heterocycles. The van der Waals surface area contributed by atoms with E-state index in [1.54, 1.807) is 0 Å². The molecule has 1 unspecified atom stereocenters. The Labute approximate surface area is 134 Å². The second kappa shape index (κ2) is 7.57. The van der Waals surface area contributed by atoms with Crippen LogP contribution < -0.4 is 0 Å². The lowest BCUT2D eigenvalue weighted by Crippen LogP contribution is -2.51. The summed E-state index contributed by atoms with van der Waals surface area (Å²) in [7, 11) is 0. The monoisotopic (exact) mass is 306 g/mol. The fourth-order valence-corrected chi connectivity index (χ4v) is 3.71. The predicted octanol–water partition coefficient (Wildman–Crippen LogP) is 1.90. The molecule has 0 amide bonds. The number of hydrogen-bond acceptors (Lipinski definition) is 4. The van der Waals surface area contributed by atoms with Gasteiger partial charge in [-0.15, -0.1) is 0 Å². The zero-order chi connectivity index (χ0) is 15.4. The molecule has 0 bridgehead atoms. The molecule has 0 saturated carbocycles. The first-order valence-corrected chi connectivity index (χ1v) is 8.83. The van der Waals surface area contributed by atoms with Crippen LogP contribution in [0.15, 0.2) is 6.20 Å². The number of morpholine rings is 1. The topological polar surface area (TPSA) is 33.5 Å². The van der Waals surface area contributed by atoms with E-state index < -0.39 is 0 Å². The number of nitrogens with zero attached hydrogens (tertiary/aromatic N) is 4. The van der Waals surface area contributed by atoms with Gasteiger partial charge in [0.15, 0.2) is 0 Å². The molecule has 0 spiro atoms. The van der Waals surface area contributed by atoms with Crippen molar-refractivity contribution >= 4 is 0 Å². The van der Waals surface area contributed by atoms with E-state index in [9.17, 15) is 0 Å². The Hall–Kier alpha value is -0.910. The molecule has 5 heteroatoms. The number of aromatic nitrogens is 2. The zero-order valence-electron chi connectivity index (χ0n) is 14.1. The van der Waals surface area contributed by atoms with Crippen molar-refractivity contribution in [3.05, 3.63) is 17.5 Å². The predicted molar refractivity (Wildman–Crippen MR) is 87.9 cm³/mol. The summed E-state index contributed by atoms with van der Waals surface area (Å²) in [4.78, 5) is 5.24. The van der Waals surface area contributed by atoms with Crippen molar-refractivity contribution in [2.45, 2.75) is 52.2 Å². The Bertz CT molecular complexity index is 467. The molecule has 0 aliphatic carbocycles. The maximum atomic E-state index is 5.49. The van der Waals surface area contributed by atoms with Crippen LogP contribution in [-0.4, -0.2) is 65.0 Å². The smallest absolute Gasteiger partial charge is 0.0638 e. The highest BCUT2D eigenvalue weighted by Crippen LogP contribution is 2.20. The highest BCUT2D eigenvalue weighted by atomic mass is 16.5. The van der Waals surface area contributed by atoms with E-state index in [0.29, 0.717) is 6.04 Å². The van der Waals surface area contributed by atoms with Crippen molar-refractivity contribution in [2.24, 2.45) is 0 Å². The van der Waals surface area contributed by atoms with Gasteiger partial charge >= 0.3 is 0 Å². The molecule has 124 valence electrons. The number of ether oxygens (including phenoxy) is 1. The van der Waals surface area contributed by atoms with E-state index >= 15 is 0 Å². The van der Waals surface area contributed by atoms with E-state index in [1.165, 1.54) is 37.2 Å². The molecule has 0 N–H and O–H groups in total. The van der Waals surface area contributed by atoms with Crippen molar-refractivity contribution in [3.63, 3.8) is 0 Å². The van der Waals surface area contributed by atoms with Gasteiger partial charge in [-0.1, -0.05) is 6.92 Å². The average molecular weight is 306 g/mol. The molecule has 0 radical (unpaired) electrons. The maximum Gasteiger partial charge on any atom is 0.0638 e. The molecule has 2 saturated heterocycles. The minimum Gasteiger partial charge on any atom is -0.379 e. The lowest BCUT2D eigenvalue weighted by atomic mass is 10.0. The SMILES string of the molecule is CCCn1cc(CN2CCCC(N3CCOCC3)C2)c(C)n1. The summed E-state index contributed by atoms with van der Waals surface area (Å²) in [5, 5.41) is 4.64. The number of hydrogen-bond donors (Lipinski definition) is 0. The van der Waals surface area contributed by atoms with E-state index in [2.05, 4.69) is 39.6 Å². The minimum atomic E-state index is 0.712. The summed E-state index contributed by atoms with van der Waals surface area (Å²) < 4.78 is 7.59. The number of rotatable bonds is 5. The van der Waals surface area contributed by atoms with Gasteiger partial charge in [-0.2, -0.15) is 5.10 Å². The van der Waals surface area contributed by atoms with Crippen LogP contribution in [0.1, 0.15) is 37.4 Å². The molecule has 0 aromatic carbocycles. The van der Waals surface area contributed by atoms with Crippen LogP contribution >= 0.6 is 0 Å². The first-order valence-electron chi connectivity index (χ1n) is 8.83. The maximum absolute atomic E-state index is 5.49. The van der Waals surface area contributed by atoms with Crippen LogP contribution in [0.3, 0.4) is 0 Å². The molecule has 2 aliphatic rings. The quantitative estimate of drug-likeness (QED) is 0.832. The zero-order valence-corrected chi connectivity index (χ0v) is 14.1. The summed E-state index contributed by atoms with van der Waals surface area (Å²) in [6.45, 7) is 12.8. The van der Waals surface area contributed by atoms with Gasteiger partial charge < -0.3 is 4.74 Å². The summed E-state index contributed by atoms with van der Waals surface area (Å²) in [6.07, 6.45) is 6.04. The Morgan fingerprint density at radius 1 is 1.27 bits per heavy atom. The molecule has 1 aromatic rings. The fraction of sp³-hybridized carbons (Fsp3) is 0.824. The molecular weight excluding hydrogens is 276 g/mol. The van der Waals surface area contributed by atoms with Gasteiger partial charge in [-0.05, 0) is 32.7 Å². The van der Waals surface area contributed by atoms with Crippen molar-refractivity contribution in [1.82, 2.24) is 19.6 Å². The van der Waals surface area contributed by atoms with Gasteiger partial charge in [-0.25, -0.2) is 0 Å². The lowest BCUT2D eigenvalue weighted by Gasteiger charge is -2.40. The van der Waals surface area contributed by atoms with E-state index in [-0.39, 0.29) is 0 Å². The summed E-state index contributed by atoms with van der Waals surface area (Å²) in [5.41, 5.74) is 2.60. The van der Waals surface area contributed by atoms with Gasteiger partial charge in [0, 0.05) is 50.5 Å². The van der Waals surface area contributed by atoms with Crippen LogP contribution in [0.2, 0.25) is 0 Å². The molecule has 3 rings (SSSR count). The van der Waals surface area contributed by atoms with Crippen LogP contribution in [-0.2, 0) is 17.8 Å². The third-order valence-corrected chi connectivity index (χ3v) is 4.94. The normalized spacial score (nSPS) is 24.7. The molecular formula is C17H30N4O. The third-order valence-electron chi connectivity index (χ3n) is 4.94. The lowest BCUT2D eigenvalue weighted by molar-refractivity contribution is -0.00360. The van der Waals surface area contributed by atoms with Crippen molar-refractivity contribution < 1.29 is 4.74 Å².